The highest BCUT2D eigenvalue weighted by Crippen LogP contribution is 2.46. The van der Waals surface area contributed by atoms with Crippen molar-refractivity contribution in [3.05, 3.63) is 29.9 Å². The Morgan fingerprint density at radius 1 is 1.11 bits per heavy atom. The fraction of sp³-hybridized carbons (Fsp3) is 0.474. The number of rotatable bonds is 8. The minimum absolute atomic E-state index is 0.527. The first-order valence-corrected chi connectivity index (χ1v) is 10.4. The lowest BCUT2D eigenvalue weighted by Gasteiger charge is -2.07. The Labute approximate surface area is 166 Å². The molecule has 2 aliphatic carbocycles. The van der Waals surface area contributed by atoms with Crippen LogP contribution in [0.1, 0.15) is 49.4 Å². The number of nitrogens with zero attached hydrogens (tertiary/aromatic N) is 5. The Hall–Kier alpha value is -2.55. The Morgan fingerprint density at radius 3 is 2.64 bits per heavy atom. The molecule has 0 N–H and O–H groups in total. The van der Waals surface area contributed by atoms with Crippen LogP contribution in [0.15, 0.2) is 27.9 Å². The van der Waals surface area contributed by atoms with Crippen LogP contribution >= 0.6 is 11.8 Å². The van der Waals surface area contributed by atoms with Gasteiger partial charge in [0.25, 0.3) is 0 Å². The summed E-state index contributed by atoms with van der Waals surface area (Å²) in [7, 11) is 3.21. The normalized spacial score (nSPS) is 16.4. The van der Waals surface area contributed by atoms with Gasteiger partial charge in [0, 0.05) is 17.5 Å². The molecule has 0 bridgehead atoms. The first-order valence-electron chi connectivity index (χ1n) is 9.39. The Morgan fingerprint density at radius 2 is 1.93 bits per heavy atom. The van der Waals surface area contributed by atoms with Gasteiger partial charge in [0.05, 0.1) is 20.0 Å². The number of aromatic nitrogens is 5. The van der Waals surface area contributed by atoms with E-state index < -0.39 is 0 Å². The summed E-state index contributed by atoms with van der Waals surface area (Å²) in [4.78, 5) is 4.52. The molecule has 9 heteroatoms. The minimum Gasteiger partial charge on any atom is -0.493 e. The van der Waals surface area contributed by atoms with E-state index in [1.54, 1.807) is 26.0 Å². The third-order valence-corrected chi connectivity index (χ3v) is 5.91. The van der Waals surface area contributed by atoms with Crippen molar-refractivity contribution >= 4 is 11.8 Å². The highest BCUT2D eigenvalue weighted by molar-refractivity contribution is 7.98. The summed E-state index contributed by atoms with van der Waals surface area (Å²) in [5.74, 6) is 4.70. The van der Waals surface area contributed by atoms with Crippen molar-refractivity contribution in [3.8, 4) is 22.9 Å². The molecule has 0 aliphatic heterocycles. The van der Waals surface area contributed by atoms with Crippen molar-refractivity contribution in [2.45, 2.75) is 48.6 Å². The predicted molar refractivity (Wildman–Crippen MR) is 103 cm³/mol. The molecule has 5 rings (SSSR count). The summed E-state index contributed by atoms with van der Waals surface area (Å²) in [5.41, 5.74) is 0.815. The van der Waals surface area contributed by atoms with Gasteiger partial charge in [-0.05, 0) is 43.9 Å². The van der Waals surface area contributed by atoms with Crippen LogP contribution in [0, 0.1) is 0 Å². The van der Waals surface area contributed by atoms with E-state index in [9.17, 15) is 0 Å². The number of ether oxygens (including phenoxy) is 2. The fourth-order valence-corrected chi connectivity index (χ4v) is 4.07. The molecule has 0 radical (unpaired) electrons. The molecule has 0 atom stereocenters. The zero-order valence-electron chi connectivity index (χ0n) is 15.8. The minimum atomic E-state index is 0.527. The number of thioether (sulfide) groups is 1. The van der Waals surface area contributed by atoms with Crippen LogP contribution in [0.2, 0.25) is 0 Å². The van der Waals surface area contributed by atoms with Gasteiger partial charge < -0.3 is 18.6 Å². The van der Waals surface area contributed by atoms with Crippen molar-refractivity contribution < 1.29 is 14.0 Å². The maximum absolute atomic E-state index is 5.44. The Balaban J connectivity index is 1.31. The molecule has 1 aromatic carbocycles. The average molecular weight is 399 g/mol. The first kappa shape index (κ1) is 17.5. The van der Waals surface area contributed by atoms with Crippen LogP contribution in [-0.4, -0.2) is 39.1 Å². The van der Waals surface area contributed by atoms with Crippen LogP contribution in [0.5, 0.6) is 11.5 Å². The molecule has 0 amide bonds. The van der Waals surface area contributed by atoms with Crippen LogP contribution in [0.3, 0.4) is 0 Å². The van der Waals surface area contributed by atoms with Gasteiger partial charge in [-0.1, -0.05) is 16.9 Å². The average Bonchev–Trinajstić information content (AvgIpc) is 3.66. The predicted octanol–water partition coefficient (Wildman–Crippen LogP) is 3.85. The Bertz CT molecular complexity index is 993. The van der Waals surface area contributed by atoms with Crippen LogP contribution in [0.25, 0.3) is 11.4 Å². The summed E-state index contributed by atoms with van der Waals surface area (Å²) >= 11 is 1.61. The third kappa shape index (κ3) is 3.34. The quantitative estimate of drug-likeness (QED) is 0.528. The van der Waals surface area contributed by atoms with Gasteiger partial charge in [-0.3, -0.25) is 0 Å². The maximum Gasteiger partial charge on any atom is 0.237 e. The first-order chi connectivity index (χ1) is 13.8. The van der Waals surface area contributed by atoms with E-state index in [0.717, 1.165) is 16.5 Å². The zero-order chi connectivity index (χ0) is 19.1. The maximum atomic E-state index is 5.44. The lowest BCUT2D eigenvalue weighted by atomic mass is 10.2. The van der Waals surface area contributed by atoms with Gasteiger partial charge in [0.15, 0.2) is 16.7 Å². The molecule has 2 aromatic heterocycles. The zero-order valence-corrected chi connectivity index (χ0v) is 16.6. The number of hydrogen-bond donors (Lipinski definition) is 0. The van der Waals surface area contributed by atoms with Crippen molar-refractivity contribution in [2.24, 2.45) is 0 Å². The molecule has 0 unspecified atom stereocenters. The smallest absolute Gasteiger partial charge is 0.237 e. The molecule has 2 saturated carbocycles. The molecule has 28 heavy (non-hydrogen) atoms. The van der Waals surface area contributed by atoms with Crippen molar-refractivity contribution in [1.29, 1.82) is 0 Å². The lowest BCUT2D eigenvalue weighted by molar-refractivity contribution is 0.355. The number of benzene rings is 1. The molecule has 146 valence electrons. The largest absolute Gasteiger partial charge is 0.493 e. The van der Waals surface area contributed by atoms with Crippen molar-refractivity contribution in [2.75, 3.05) is 14.2 Å². The van der Waals surface area contributed by atoms with E-state index >= 15 is 0 Å². The number of methoxy groups -OCH3 is 2. The molecular formula is C19H21N5O3S. The van der Waals surface area contributed by atoms with Gasteiger partial charge >= 0.3 is 0 Å². The second kappa shape index (κ2) is 7.12. The Kier molecular flexibility index (Phi) is 4.46. The molecular weight excluding hydrogens is 378 g/mol. The summed E-state index contributed by atoms with van der Waals surface area (Å²) < 4.78 is 18.4. The summed E-state index contributed by atoms with van der Waals surface area (Å²) in [5, 5.41) is 13.9. The van der Waals surface area contributed by atoms with Gasteiger partial charge in [0.2, 0.25) is 11.7 Å². The van der Waals surface area contributed by atoms with Crippen LogP contribution in [0.4, 0.5) is 0 Å². The molecule has 2 fully saturated rings. The van der Waals surface area contributed by atoms with Gasteiger partial charge in [-0.25, -0.2) is 0 Å². The van der Waals surface area contributed by atoms with E-state index in [1.165, 1.54) is 25.7 Å². The fourth-order valence-electron chi connectivity index (χ4n) is 3.21. The summed E-state index contributed by atoms with van der Waals surface area (Å²) in [6.45, 7) is 0. The van der Waals surface area contributed by atoms with E-state index in [0.29, 0.717) is 40.9 Å². The van der Waals surface area contributed by atoms with Crippen molar-refractivity contribution in [3.63, 3.8) is 0 Å². The molecule has 2 aliphatic rings. The second-order valence-corrected chi connectivity index (χ2v) is 8.03. The van der Waals surface area contributed by atoms with Gasteiger partial charge in [-0.15, -0.1) is 10.2 Å². The summed E-state index contributed by atoms with van der Waals surface area (Å²) in [6.07, 6.45) is 4.90. The van der Waals surface area contributed by atoms with E-state index in [-0.39, 0.29) is 0 Å². The highest BCUT2D eigenvalue weighted by atomic mass is 32.2. The topological polar surface area (TPSA) is 88.1 Å². The highest BCUT2D eigenvalue weighted by Gasteiger charge is 2.36. The third-order valence-electron chi connectivity index (χ3n) is 4.98. The molecule has 0 spiro atoms. The van der Waals surface area contributed by atoms with Crippen LogP contribution in [-0.2, 0) is 5.75 Å². The van der Waals surface area contributed by atoms with Crippen LogP contribution < -0.4 is 9.47 Å². The molecule has 8 nitrogen and oxygen atoms in total. The second-order valence-electron chi connectivity index (χ2n) is 7.09. The van der Waals surface area contributed by atoms with Crippen molar-refractivity contribution in [1.82, 2.24) is 24.9 Å². The van der Waals surface area contributed by atoms with E-state index in [4.69, 9.17) is 14.0 Å². The van der Waals surface area contributed by atoms with Gasteiger partial charge in [-0.2, -0.15) is 4.98 Å². The standard InChI is InChI=1S/C19H21N5O3S/c1-25-14-8-5-12(9-15(14)26-2)17-20-16(27-23-17)10-28-19-22-21-18(11-3-4-11)24(19)13-6-7-13/h5,8-9,11,13H,3-4,6-7,10H2,1-2H3. The number of hydrogen-bond acceptors (Lipinski definition) is 8. The monoisotopic (exact) mass is 399 g/mol. The molecule has 0 saturated heterocycles. The molecule has 2 heterocycles. The van der Waals surface area contributed by atoms with E-state index in [1.807, 2.05) is 18.2 Å². The van der Waals surface area contributed by atoms with Gasteiger partial charge in [0.1, 0.15) is 5.82 Å². The molecule has 3 aromatic rings. The SMILES string of the molecule is COc1ccc(-c2noc(CSc3nnc(C4CC4)n3C3CC3)n2)cc1OC. The lowest BCUT2D eigenvalue weighted by Crippen LogP contribution is -2.01. The summed E-state index contributed by atoms with van der Waals surface area (Å²) in [6, 6.07) is 6.12. The van der Waals surface area contributed by atoms with E-state index in [2.05, 4.69) is 24.9 Å².